The highest BCUT2D eigenvalue weighted by Gasteiger charge is 2.37. The number of halogens is 2. The van der Waals surface area contributed by atoms with Crippen LogP contribution in [0.15, 0.2) is 18.2 Å². The summed E-state index contributed by atoms with van der Waals surface area (Å²) in [5, 5.41) is 10.7. The number of amides is 4. The van der Waals surface area contributed by atoms with Crippen LogP contribution in [-0.2, 0) is 24.0 Å². The van der Waals surface area contributed by atoms with Gasteiger partial charge < -0.3 is 21.3 Å². The van der Waals surface area contributed by atoms with E-state index in [4.69, 9.17) is 0 Å². The van der Waals surface area contributed by atoms with Crippen LogP contribution in [0.3, 0.4) is 0 Å². The lowest BCUT2D eigenvalue weighted by molar-refractivity contribution is -0.141. The maximum absolute atomic E-state index is 14.4. The Hall–Kier alpha value is -3.37. The molecule has 1 aliphatic heterocycles. The van der Waals surface area contributed by atoms with E-state index in [1.54, 1.807) is 6.92 Å². The third kappa shape index (κ3) is 9.09. The third-order valence-electron chi connectivity index (χ3n) is 7.25. The maximum atomic E-state index is 14.4. The second kappa shape index (κ2) is 13.3. The van der Waals surface area contributed by atoms with Gasteiger partial charge in [-0.3, -0.25) is 24.0 Å². The first kappa shape index (κ1) is 31.2. The monoisotopic (exact) mass is 562 g/mol. The number of hydrogen-bond donors (Lipinski definition) is 4. The molecule has 2 fully saturated rings. The Morgan fingerprint density at radius 3 is 2.30 bits per heavy atom. The molecular formula is C29H40F2N4O5. The van der Waals surface area contributed by atoms with E-state index < -0.39 is 64.5 Å². The summed E-state index contributed by atoms with van der Waals surface area (Å²) >= 11 is 0. The number of nitrogens with one attached hydrogen (secondary N) is 4. The molecule has 0 radical (unpaired) electrons. The van der Waals surface area contributed by atoms with Gasteiger partial charge in [-0.15, -0.1) is 0 Å². The summed E-state index contributed by atoms with van der Waals surface area (Å²) in [6.07, 6.45) is 2.48. The maximum Gasteiger partial charge on any atom is 0.289 e. The van der Waals surface area contributed by atoms with Crippen molar-refractivity contribution in [3.05, 3.63) is 35.4 Å². The molecule has 40 heavy (non-hydrogen) atoms. The van der Waals surface area contributed by atoms with Crippen molar-refractivity contribution in [2.24, 2.45) is 11.3 Å². The Kier molecular flexibility index (Phi) is 10.4. The molecule has 1 aliphatic carbocycles. The first-order chi connectivity index (χ1) is 18.8. The average molecular weight is 563 g/mol. The second-order valence-corrected chi connectivity index (χ2v) is 12.0. The Morgan fingerprint density at radius 1 is 1.05 bits per heavy atom. The van der Waals surface area contributed by atoms with E-state index in [1.807, 2.05) is 20.8 Å². The van der Waals surface area contributed by atoms with Crippen molar-refractivity contribution in [2.45, 2.75) is 96.7 Å². The van der Waals surface area contributed by atoms with Gasteiger partial charge in [-0.25, -0.2) is 8.78 Å². The zero-order chi connectivity index (χ0) is 29.6. The topological polar surface area (TPSA) is 133 Å². The molecule has 9 nitrogen and oxygen atoms in total. The lowest BCUT2D eigenvalue weighted by Crippen LogP contribution is -2.55. The minimum Gasteiger partial charge on any atom is -0.356 e. The molecule has 1 aromatic carbocycles. The summed E-state index contributed by atoms with van der Waals surface area (Å²) in [4.78, 5) is 64.4. The van der Waals surface area contributed by atoms with Gasteiger partial charge in [0.15, 0.2) is 0 Å². The van der Waals surface area contributed by atoms with Crippen LogP contribution in [0.1, 0.15) is 84.1 Å². The van der Waals surface area contributed by atoms with E-state index in [1.165, 1.54) is 6.07 Å². The lowest BCUT2D eigenvalue weighted by Gasteiger charge is -2.29. The molecular weight excluding hydrogens is 522 g/mol. The second-order valence-electron chi connectivity index (χ2n) is 12.0. The van der Waals surface area contributed by atoms with Crippen LogP contribution in [0, 0.1) is 23.0 Å². The predicted molar refractivity (Wildman–Crippen MR) is 144 cm³/mol. The van der Waals surface area contributed by atoms with Crippen molar-refractivity contribution in [1.82, 2.24) is 21.3 Å². The first-order valence-corrected chi connectivity index (χ1v) is 13.9. The van der Waals surface area contributed by atoms with Crippen LogP contribution in [0.25, 0.3) is 0 Å². The van der Waals surface area contributed by atoms with Crippen LogP contribution in [-0.4, -0.2) is 54.1 Å². The fraction of sp³-hybridized carbons (Fsp3) is 0.621. The summed E-state index contributed by atoms with van der Waals surface area (Å²) < 4.78 is 27.8. The summed E-state index contributed by atoms with van der Waals surface area (Å²) in [6.45, 7) is 7.88. The molecule has 1 saturated carbocycles. The molecule has 1 saturated heterocycles. The summed E-state index contributed by atoms with van der Waals surface area (Å²) in [6, 6.07) is 0.863. The largest absolute Gasteiger partial charge is 0.356 e. The molecule has 2 aliphatic rings. The smallest absolute Gasteiger partial charge is 0.289 e. The summed E-state index contributed by atoms with van der Waals surface area (Å²) in [7, 11) is 0. The van der Waals surface area contributed by atoms with E-state index in [2.05, 4.69) is 21.3 Å². The van der Waals surface area contributed by atoms with E-state index in [9.17, 15) is 32.8 Å². The van der Waals surface area contributed by atoms with Crippen molar-refractivity contribution in [3.8, 4) is 0 Å². The average Bonchev–Trinajstić information content (AvgIpc) is 3.59. The van der Waals surface area contributed by atoms with Gasteiger partial charge in [0.2, 0.25) is 23.5 Å². The Balaban J connectivity index is 1.75. The molecule has 4 atom stereocenters. The highest BCUT2D eigenvalue weighted by Crippen LogP contribution is 2.27. The number of Topliss-reactive ketones (excluding diaryl/α,β-unsaturated/α-hetero) is 1. The third-order valence-corrected chi connectivity index (χ3v) is 7.25. The van der Waals surface area contributed by atoms with Gasteiger partial charge in [0.1, 0.15) is 17.7 Å². The van der Waals surface area contributed by atoms with Gasteiger partial charge in [0.25, 0.3) is 5.91 Å². The predicted octanol–water partition coefficient (Wildman–Crippen LogP) is 2.63. The SMILES string of the molecule is CCC(CC(=O)NC(CC(C)(C)C)C(=O)NC(C[C@@H]1CCNC1=O)C(=O)C(=O)NC1CC1)c1ccc(F)cc1F. The standard InChI is InChI=1S/C29H40F2N4O5/c1-5-16(20-9-6-18(30)14-21(20)31)13-24(36)34-23(15-29(2,3)4)27(39)35-22(12-17-10-11-32-26(17)38)25(37)28(40)33-19-7-8-19/h6,9,14,16-17,19,22-23H,5,7-8,10-13,15H2,1-4H3,(H,32,38)(H,33,40)(H,34,36)(H,35,39)/t16?,17-,22?,23?/m0/s1. The first-order valence-electron chi connectivity index (χ1n) is 13.9. The zero-order valence-electron chi connectivity index (χ0n) is 23.6. The van der Waals surface area contributed by atoms with Gasteiger partial charge in [-0.05, 0) is 61.5 Å². The molecule has 3 rings (SSSR count). The van der Waals surface area contributed by atoms with Gasteiger partial charge >= 0.3 is 0 Å². The van der Waals surface area contributed by atoms with E-state index >= 15 is 0 Å². The fourth-order valence-corrected chi connectivity index (χ4v) is 4.91. The quantitative estimate of drug-likeness (QED) is 0.274. The number of ketones is 1. The van der Waals surface area contributed by atoms with Crippen LogP contribution in [0.2, 0.25) is 0 Å². The normalized spacial score (nSPS) is 19.2. The molecule has 4 N–H and O–H groups in total. The zero-order valence-corrected chi connectivity index (χ0v) is 23.6. The minimum absolute atomic E-state index is 0.0353. The minimum atomic E-state index is -1.24. The van der Waals surface area contributed by atoms with Gasteiger partial charge in [-0.2, -0.15) is 0 Å². The number of rotatable bonds is 13. The molecule has 0 spiro atoms. The van der Waals surface area contributed by atoms with Crippen molar-refractivity contribution in [2.75, 3.05) is 6.54 Å². The van der Waals surface area contributed by atoms with Crippen molar-refractivity contribution in [1.29, 1.82) is 0 Å². The molecule has 1 heterocycles. The lowest BCUT2D eigenvalue weighted by atomic mass is 9.87. The van der Waals surface area contributed by atoms with Crippen LogP contribution in [0.5, 0.6) is 0 Å². The molecule has 4 amide bonds. The number of benzene rings is 1. The van der Waals surface area contributed by atoms with Crippen LogP contribution >= 0.6 is 0 Å². The molecule has 220 valence electrons. The van der Waals surface area contributed by atoms with Crippen LogP contribution in [0.4, 0.5) is 8.78 Å². The Bertz CT molecular complexity index is 1130. The van der Waals surface area contributed by atoms with E-state index in [-0.39, 0.29) is 36.8 Å². The number of carbonyl (C=O) groups excluding carboxylic acids is 5. The number of hydrogen-bond acceptors (Lipinski definition) is 5. The Morgan fingerprint density at radius 2 is 1.75 bits per heavy atom. The van der Waals surface area contributed by atoms with E-state index in [0.29, 0.717) is 19.4 Å². The molecule has 0 aromatic heterocycles. The molecule has 11 heteroatoms. The summed E-state index contributed by atoms with van der Waals surface area (Å²) in [5.41, 5.74) is -0.200. The Labute approximate surface area is 233 Å². The van der Waals surface area contributed by atoms with Crippen molar-refractivity contribution in [3.63, 3.8) is 0 Å². The highest BCUT2D eigenvalue weighted by atomic mass is 19.1. The van der Waals surface area contributed by atoms with Crippen molar-refractivity contribution >= 4 is 29.4 Å². The molecule has 3 unspecified atom stereocenters. The van der Waals surface area contributed by atoms with E-state index in [0.717, 1.165) is 25.0 Å². The van der Waals surface area contributed by atoms with Gasteiger partial charge in [0, 0.05) is 31.0 Å². The van der Waals surface area contributed by atoms with Crippen LogP contribution < -0.4 is 21.3 Å². The van der Waals surface area contributed by atoms with Gasteiger partial charge in [-0.1, -0.05) is 33.8 Å². The molecule has 1 aromatic rings. The fourth-order valence-electron chi connectivity index (χ4n) is 4.91. The molecule has 0 bridgehead atoms. The van der Waals surface area contributed by atoms with Gasteiger partial charge in [0.05, 0.1) is 6.04 Å². The highest BCUT2D eigenvalue weighted by molar-refractivity contribution is 6.38. The summed E-state index contributed by atoms with van der Waals surface area (Å²) in [5.74, 6) is -5.58. The van der Waals surface area contributed by atoms with Crippen molar-refractivity contribution < 1.29 is 32.8 Å². The number of carbonyl (C=O) groups is 5.